The number of hydrogen-bond donors (Lipinski definition) is 0. The molecule has 4 rings (SSSR count). The van der Waals surface area contributed by atoms with E-state index in [-0.39, 0.29) is 0 Å². The van der Waals surface area contributed by atoms with E-state index >= 15 is 0 Å². The Labute approximate surface area is 158 Å². The minimum absolute atomic E-state index is 0.428. The SMILES string of the molecule is Cn1cc(C=NOCc2ccccc2)c(-c2ccc3c(c2)OCCCO3)n1. The summed E-state index contributed by atoms with van der Waals surface area (Å²) in [5, 5.41) is 8.67. The summed E-state index contributed by atoms with van der Waals surface area (Å²) in [5.41, 5.74) is 3.72. The normalized spacial score (nSPS) is 13.5. The minimum Gasteiger partial charge on any atom is -0.490 e. The third-order valence-corrected chi connectivity index (χ3v) is 4.22. The number of benzene rings is 2. The molecule has 6 nitrogen and oxygen atoms in total. The Kier molecular flexibility index (Phi) is 5.05. The summed E-state index contributed by atoms with van der Waals surface area (Å²) in [7, 11) is 1.88. The van der Waals surface area contributed by atoms with Crippen molar-refractivity contribution < 1.29 is 14.3 Å². The number of aromatic nitrogens is 2. The van der Waals surface area contributed by atoms with E-state index in [1.807, 2.05) is 61.8 Å². The van der Waals surface area contributed by atoms with Crippen molar-refractivity contribution >= 4 is 6.21 Å². The standard InChI is InChI=1S/C21H21N3O3/c1-24-14-18(13-22-27-15-16-6-3-2-4-7-16)21(23-24)17-8-9-19-20(12-17)26-11-5-10-25-19/h2-4,6-9,12-14H,5,10-11,15H2,1H3. The lowest BCUT2D eigenvalue weighted by Gasteiger charge is -2.08. The zero-order valence-electron chi connectivity index (χ0n) is 15.2. The Hall–Kier alpha value is -3.28. The third kappa shape index (κ3) is 4.11. The number of fused-ring (bicyclic) bond motifs is 1. The van der Waals surface area contributed by atoms with Gasteiger partial charge >= 0.3 is 0 Å². The molecule has 1 aliphatic heterocycles. The molecule has 0 radical (unpaired) electrons. The van der Waals surface area contributed by atoms with Crippen molar-refractivity contribution in [2.45, 2.75) is 13.0 Å². The molecule has 6 heteroatoms. The molecule has 2 aromatic carbocycles. The smallest absolute Gasteiger partial charge is 0.161 e. The largest absolute Gasteiger partial charge is 0.490 e. The van der Waals surface area contributed by atoms with Crippen LogP contribution in [0.4, 0.5) is 0 Å². The lowest BCUT2D eigenvalue weighted by molar-refractivity contribution is 0.132. The van der Waals surface area contributed by atoms with Crippen LogP contribution in [0.15, 0.2) is 59.9 Å². The summed E-state index contributed by atoms with van der Waals surface area (Å²) in [6, 6.07) is 15.8. The molecule has 27 heavy (non-hydrogen) atoms. The molecule has 2 heterocycles. The fourth-order valence-corrected chi connectivity index (χ4v) is 2.92. The molecule has 0 aliphatic carbocycles. The monoisotopic (exact) mass is 363 g/mol. The minimum atomic E-state index is 0.428. The Bertz CT molecular complexity index is 935. The van der Waals surface area contributed by atoms with Gasteiger partial charge in [-0.1, -0.05) is 35.5 Å². The molecule has 3 aromatic rings. The van der Waals surface area contributed by atoms with Crippen molar-refractivity contribution in [2.24, 2.45) is 12.2 Å². The molecule has 138 valence electrons. The second kappa shape index (κ2) is 7.95. The molecule has 0 N–H and O–H groups in total. The quantitative estimate of drug-likeness (QED) is 0.511. The van der Waals surface area contributed by atoms with E-state index in [9.17, 15) is 0 Å². The van der Waals surface area contributed by atoms with Gasteiger partial charge in [0.15, 0.2) is 11.5 Å². The van der Waals surface area contributed by atoms with E-state index in [0.717, 1.165) is 40.3 Å². The van der Waals surface area contributed by atoms with E-state index in [1.165, 1.54) is 0 Å². The zero-order valence-corrected chi connectivity index (χ0v) is 15.2. The third-order valence-electron chi connectivity index (χ3n) is 4.22. The number of nitrogens with zero attached hydrogens (tertiary/aromatic N) is 3. The second-order valence-electron chi connectivity index (χ2n) is 6.31. The first-order chi connectivity index (χ1) is 13.3. The molecule has 0 amide bonds. The molecule has 0 unspecified atom stereocenters. The molecule has 1 aromatic heterocycles. The molecule has 0 spiro atoms. The predicted octanol–water partition coefficient (Wildman–Crippen LogP) is 3.80. The average Bonchev–Trinajstić information content (AvgIpc) is 2.91. The molecule has 0 bridgehead atoms. The van der Waals surface area contributed by atoms with Gasteiger partial charge in [-0.3, -0.25) is 4.68 Å². The van der Waals surface area contributed by atoms with Gasteiger partial charge in [0.05, 0.1) is 19.4 Å². The molecule has 0 atom stereocenters. The van der Waals surface area contributed by atoms with Crippen molar-refractivity contribution in [1.29, 1.82) is 0 Å². The van der Waals surface area contributed by atoms with Gasteiger partial charge in [-0.05, 0) is 23.8 Å². The first kappa shape index (κ1) is 17.1. The van der Waals surface area contributed by atoms with Crippen LogP contribution in [0.3, 0.4) is 0 Å². The summed E-state index contributed by atoms with van der Waals surface area (Å²) in [6.45, 7) is 1.75. The topological polar surface area (TPSA) is 57.9 Å². The number of aryl methyl sites for hydroxylation is 1. The number of rotatable bonds is 5. The van der Waals surface area contributed by atoms with Crippen molar-refractivity contribution in [3.05, 3.63) is 65.9 Å². The summed E-state index contributed by atoms with van der Waals surface area (Å²) in [6.07, 6.45) is 4.48. The Morgan fingerprint density at radius 2 is 1.93 bits per heavy atom. The highest BCUT2D eigenvalue weighted by atomic mass is 16.6. The van der Waals surface area contributed by atoms with Crippen LogP contribution < -0.4 is 9.47 Å². The van der Waals surface area contributed by atoms with Gasteiger partial charge in [-0.15, -0.1) is 0 Å². The second-order valence-corrected chi connectivity index (χ2v) is 6.31. The summed E-state index contributed by atoms with van der Waals surface area (Å²) in [5.74, 6) is 1.52. The molecule has 0 saturated carbocycles. The number of hydrogen-bond acceptors (Lipinski definition) is 5. The van der Waals surface area contributed by atoms with Crippen LogP contribution in [0.2, 0.25) is 0 Å². The van der Waals surface area contributed by atoms with Gasteiger partial charge in [-0.25, -0.2) is 0 Å². The fraction of sp³-hybridized carbons (Fsp3) is 0.238. The highest BCUT2D eigenvalue weighted by Crippen LogP contribution is 2.34. The summed E-state index contributed by atoms with van der Waals surface area (Å²) < 4.78 is 13.2. The van der Waals surface area contributed by atoms with Crippen molar-refractivity contribution in [3.8, 4) is 22.8 Å². The van der Waals surface area contributed by atoms with Crippen LogP contribution in [0.1, 0.15) is 17.5 Å². The van der Waals surface area contributed by atoms with Crippen LogP contribution in [-0.2, 0) is 18.5 Å². The molecule has 0 fully saturated rings. The first-order valence-electron chi connectivity index (χ1n) is 8.92. The van der Waals surface area contributed by atoms with Crippen molar-refractivity contribution in [3.63, 3.8) is 0 Å². The lowest BCUT2D eigenvalue weighted by Crippen LogP contribution is -1.97. The van der Waals surface area contributed by atoms with Gasteiger partial charge in [0.25, 0.3) is 0 Å². The van der Waals surface area contributed by atoms with E-state index in [1.54, 1.807) is 10.9 Å². The number of oxime groups is 1. The highest BCUT2D eigenvalue weighted by molar-refractivity contribution is 5.88. The van der Waals surface area contributed by atoms with E-state index < -0.39 is 0 Å². The first-order valence-corrected chi connectivity index (χ1v) is 8.92. The average molecular weight is 363 g/mol. The Morgan fingerprint density at radius 1 is 1.11 bits per heavy atom. The van der Waals surface area contributed by atoms with Crippen molar-refractivity contribution in [1.82, 2.24) is 9.78 Å². The maximum Gasteiger partial charge on any atom is 0.161 e. The van der Waals surface area contributed by atoms with Gasteiger partial charge in [0, 0.05) is 30.8 Å². The Balaban J connectivity index is 1.52. The van der Waals surface area contributed by atoms with E-state index in [4.69, 9.17) is 14.3 Å². The molecule has 0 saturated heterocycles. The summed E-state index contributed by atoms with van der Waals surface area (Å²) in [4.78, 5) is 5.42. The maximum atomic E-state index is 5.79. The molecular formula is C21H21N3O3. The number of ether oxygens (including phenoxy) is 2. The zero-order chi connectivity index (χ0) is 18.5. The predicted molar refractivity (Wildman–Crippen MR) is 103 cm³/mol. The van der Waals surface area contributed by atoms with Gasteiger partial charge in [-0.2, -0.15) is 5.10 Å². The van der Waals surface area contributed by atoms with Crippen molar-refractivity contribution in [2.75, 3.05) is 13.2 Å². The fourth-order valence-electron chi connectivity index (χ4n) is 2.92. The molecular weight excluding hydrogens is 342 g/mol. The van der Waals surface area contributed by atoms with Crippen LogP contribution in [0.5, 0.6) is 11.5 Å². The molecule has 1 aliphatic rings. The van der Waals surface area contributed by atoms with Gasteiger partial charge in [0.2, 0.25) is 0 Å². The maximum absolute atomic E-state index is 5.79. The van der Waals surface area contributed by atoms with Crippen LogP contribution in [-0.4, -0.2) is 29.2 Å². The van der Waals surface area contributed by atoms with Crippen LogP contribution in [0, 0.1) is 0 Å². The van der Waals surface area contributed by atoms with Crippen LogP contribution >= 0.6 is 0 Å². The van der Waals surface area contributed by atoms with E-state index in [0.29, 0.717) is 19.8 Å². The lowest BCUT2D eigenvalue weighted by atomic mass is 10.1. The van der Waals surface area contributed by atoms with Gasteiger partial charge < -0.3 is 14.3 Å². The van der Waals surface area contributed by atoms with Crippen LogP contribution in [0.25, 0.3) is 11.3 Å². The van der Waals surface area contributed by atoms with Gasteiger partial charge in [0.1, 0.15) is 12.3 Å². The van der Waals surface area contributed by atoms with E-state index in [2.05, 4.69) is 10.3 Å². The Morgan fingerprint density at radius 3 is 2.78 bits per heavy atom. The highest BCUT2D eigenvalue weighted by Gasteiger charge is 2.15. The summed E-state index contributed by atoms with van der Waals surface area (Å²) >= 11 is 0.